The van der Waals surface area contributed by atoms with Crippen LogP contribution in [0.4, 0.5) is 4.79 Å². The van der Waals surface area contributed by atoms with Gasteiger partial charge in [-0.2, -0.15) is 5.10 Å². The molecule has 2 aromatic rings. The van der Waals surface area contributed by atoms with Gasteiger partial charge in [-0.25, -0.2) is 4.79 Å². The van der Waals surface area contributed by atoms with E-state index in [0.717, 1.165) is 24.2 Å². The number of nitrogens with zero attached hydrogens (tertiary/aromatic N) is 2. The number of aromatic nitrogens is 2. The zero-order chi connectivity index (χ0) is 16.9. The third-order valence-corrected chi connectivity index (χ3v) is 4.74. The molecule has 1 fully saturated rings. The predicted molar refractivity (Wildman–Crippen MR) is 95.9 cm³/mol. The third-order valence-electron chi connectivity index (χ3n) is 4.74. The first-order valence-corrected chi connectivity index (χ1v) is 8.79. The fourth-order valence-corrected chi connectivity index (χ4v) is 3.52. The van der Waals surface area contributed by atoms with E-state index in [1.807, 2.05) is 29.8 Å². The maximum atomic E-state index is 11.9. The molecule has 0 unspecified atom stereocenters. The first-order valence-electron chi connectivity index (χ1n) is 8.79. The van der Waals surface area contributed by atoms with Gasteiger partial charge < -0.3 is 10.6 Å². The predicted octanol–water partition coefficient (Wildman–Crippen LogP) is 3.41. The summed E-state index contributed by atoms with van der Waals surface area (Å²) in [7, 11) is 0. The SMILES string of the molecule is Cc1nn(CCNC(=O)NC2CCCC2)c(C)c1-c1ccccc1. The van der Waals surface area contributed by atoms with Gasteiger partial charge in [0, 0.05) is 23.8 Å². The summed E-state index contributed by atoms with van der Waals surface area (Å²) in [5, 5.41) is 10.6. The van der Waals surface area contributed by atoms with Crippen LogP contribution in [0.25, 0.3) is 11.1 Å². The Bertz CT molecular complexity index is 687. The average Bonchev–Trinajstić information content (AvgIpc) is 3.17. The van der Waals surface area contributed by atoms with Gasteiger partial charge >= 0.3 is 6.03 Å². The van der Waals surface area contributed by atoms with Crippen LogP contribution in [0.5, 0.6) is 0 Å². The van der Waals surface area contributed by atoms with E-state index in [-0.39, 0.29) is 6.03 Å². The van der Waals surface area contributed by atoms with Crippen LogP contribution >= 0.6 is 0 Å². The highest BCUT2D eigenvalue weighted by molar-refractivity contribution is 5.74. The van der Waals surface area contributed by atoms with Gasteiger partial charge in [0.05, 0.1) is 12.2 Å². The standard InChI is InChI=1S/C19H26N4O/c1-14-18(16-8-4-3-5-9-16)15(2)23(22-14)13-12-20-19(24)21-17-10-6-7-11-17/h3-5,8-9,17H,6-7,10-13H2,1-2H3,(H2,20,21,24). The molecule has 1 aliphatic carbocycles. The van der Waals surface area contributed by atoms with Crippen LogP contribution in [0.1, 0.15) is 37.1 Å². The van der Waals surface area contributed by atoms with E-state index in [4.69, 9.17) is 0 Å². The Labute approximate surface area is 143 Å². The first kappa shape index (κ1) is 16.6. The number of rotatable bonds is 5. The molecule has 1 aromatic carbocycles. The topological polar surface area (TPSA) is 59.0 Å². The minimum Gasteiger partial charge on any atom is -0.336 e. The van der Waals surface area contributed by atoms with Crippen molar-refractivity contribution in [3.05, 3.63) is 41.7 Å². The molecule has 128 valence electrons. The lowest BCUT2D eigenvalue weighted by Gasteiger charge is -2.13. The number of carbonyl (C=O) groups is 1. The Balaban J connectivity index is 1.57. The van der Waals surface area contributed by atoms with Crippen LogP contribution in [-0.2, 0) is 6.54 Å². The quantitative estimate of drug-likeness (QED) is 0.884. The zero-order valence-corrected chi connectivity index (χ0v) is 14.5. The van der Waals surface area contributed by atoms with Gasteiger partial charge in [-0.3, -0.25) is 4.68 Å². The number of benzene rings is 1. The molecule has 0 aliphatic heterocycles. The minimum absolute atomic E-state index is 0.0632. The number of urea groups is 1. The Kier molecular flexibility index (Phi) is 5.18. The van der Waals surface area contributed by atoms with Crippen LogP contribution in [-0.4, -0.2) is 28.4 Å². The number of hydrogen-bond donors (Lipinski definition) is 2. The lowest BCUT2D eigenvalue weighted by atomic mass is 10.0. The van der Waals surface area contributed by atoms with E-state index in [2.05, 4.69) is 34.8 Å². The average molecular weight is 326 g/mol. The molecule has 0 atom stereocenters. The van der Waals surface area contributed by atoms with Gasteiger partial charge in [0.25, 0.3) is 0 Å². The molecule has 2 N–H and O–H groups in total. The molecule has 24 heavy (non-hydrogen) atoms. The molecule has 0 radical (unpaired) electrons. The van der Waals surface area contributed by atoms with E-state index in [1.54, 1.807) is 0 Å². The van der Waals surface area contributed by atoms with Crippen LogP contribution in [0.2, 0.25) is 0 Å². The van der Waals surface area contributed by atoms with Gasteiger partial charge in [0.1, 0.15) is 0 Å². The van der Waals surface area contributed by atoms with Crippen LogP contribution in [0.3, 0.4) is 0 Å². The van der Waals surface area contributed by atoms with Crippen molar-refractivity contribution in [1.29, 1.82) is 0 Å². The number of hydrogen-bond acceptors (Lipinski definition) is 2. The molecule has 1 aromatic heterocycles. The molecule has 3 rings (SSSR count). The maximum absolute atomic E-state index is 11.9. The second kappa shape index (κ2) is 7.51. The van der Waals surface area contributed by atoms with Crippen LogP contribution in [0, 0.1) is 13.8 Å². The van der Waals surface area contributed by atoms with Gasteiger partial charge in [-0.05, 0) is 32.3 Å². The summed E-state index contributed by atoms with van der Waals surface area (Å²) in [6.07, 6.45) is 4.65. The third kappa shape index (κ3) is 3.78. The van der Waals surface area contributed by atoms with E-state index >= 15 is 0 Å². The molecular formula is C19H26N4O. The molecule has 0 spiro atoms. The Morgan fingerprint density at radius 3 is 2.62 bits per heavy atom. The maximum Gasteiger partial charge on any atom is 0.315 e. The summed E-state index contributed by atoms with van der Waals surface area (Å²) < 4.78 is 1.98. The monoisotopic (exact) mass is 326 g/mol. The summed E-state index contributed by atoms with van der Waals surface area (Å²) >= 11 is 0. The Hall–Kier alpha value is -2.30. The highest BCUT2D eigenvalue weighted by atomic mass is 16.2. The fourth-order valence-electron chi connectivity index (χ4n) is 3.52. The first-order chi connectivity index (χ1) is 11.6. The molecule has 5 nitrogen and oxygen atoms in total. The number of aryl methyl sites for hydroxylation is 1. The van der Waals surface area contributed by atoms with Crippen molar-refractivity contribution in [1.82, 2.24) is 20.4 Å². The van der Waals surface area contributed by atoms with Crippen LogP contribution < -0.4 is 10.6 Å². The highest BCUT2D eigenvalue weighted by Crippen LogP contribution is 2.26. The van der Waals surface area contributed by atoms with Crippen molar-refractivity contribution in [2.24, 2.45) is 0 Å². The van der Waals surface area contributed by atoms with E-state index in [0.29, 0.717) is 19.1 Å². The molecule has 5 heteroatoms. The van der Waals surface area contributed by atoms with Gasteiger partial charge in [0.15, 0.2) is 0 Å². The van der Waals surface area contributed by atoms with Crippen molar-refractivity contribution in [3.63, 3.8) is 0 Å². The second-order valence-electron chi connectivity index (χ2n) is 6.52. The Morgan fingerprint density at radius 1 is 1.21 bits per heavy atom. The zero-order valence-electron chi connectivity index (χ0n) is 14.5. The lowest BCUT2D eigenvalue weighted by Crippen LogP contribution is -2.42. The summed E-state index contributed by atoms with van der Waals surface area (Å²) in [6, 6.07) is 10.6. The minimum atomic E-state index is -0.0632. The van der Waals surface area contributed by atoms with Gasteiger partial charge in [-0.15, -0.1) is 0 Å². The summed E-state index contributed by atoms with van der Waals surface area (Å²) in [6.45, 7) is 5.37. The van der Waals surface area contributed by atoms with Crippen molar-refractivity contribution in [2.75, 3.05) is 6.54 Å². The van der Waals surface area contributed by atoms with Crippen LogP contribution in [0.15, 0.2) is 30.3 Å². The summed E-state index contributed by atoms with van der Waals surface area (Å²) in [5.41, 5.74) is 4.53. The van der Waals surface area contributed by atoms with Crippen molar-refractivity contribution in [3.8, 4) is 11.1 Å². The summed E-state index contributed by atoms with van der Waals surface area (Å²) in [5.74, 6) is 0. The smallest absolute Gasteiger partial charge is 0.315 e. The van der Waals surface area contributed by atoms with E-state index in [9.17, 15) is 4.79 Å². The normalized spacial score (nSPS) is 14.8. The molecule has 0 saturated heterocycles. The van der Waals surface area contributed by atoms with E-state index < -0.39 is 0 Å². The highest BCUT2D eigenvalue weighted by Gasteiger charge is 2.17. The van der Waals surface area contributed by atoms with Crippen molar-refractivity contribution >= 4 is 6.03 Å². The largest absolute Gasteiger partial charge is 0.336 e. The second-order valence-corrected chi connectivity index (χ2v) is 6.52. The molecule has 1 saturated carbocycles. The van der Waals surface area contributed by atoms with Crippen molar-refractivity contribution in [2.45, 2.75) is 52.1 Å². The molecule has 1 heterocycles. The van der Waals surface area contributed by atoms with E-state index in [1.165, 1.54) is 24.0 Å². The molecule has 1 aliphatic rings. The Morgan fingerprint density at radius 2 is 1.92 bits per heavy atom. The number of nitrogens with one attached hydrogen (secondary N) is 2. The van der Waals surface area contributed by atoms with Crippen molar-refractivity contribution < 1.29 is 4.79 Å². The van der Waals surface area contributed by atoms with Gasteiger partial charge in [0.2, 0.25) is 0 Å². The van der Waals surface area contributed by atoms with Gasteiger partial charge in [-0.1, -0.05) is 43.2 Å². The molecule has 0 bridgehead atoms. The summed E-state index contributed by atoms with van der Waals surface area (Å²) in [4.78, 5) is 11.9. The fraction of sp³-hybridized carbons (Fsp3) is 0.474. The number of amides is 2. The molecular weight excluding hydrogens is 300 g/mol. The molecule has 2 amide bonds. The lowest BCUT2D eigenvalue weighted by molar-refractivity contribution is 0.236. The number of carbonyl (C=O) groups excluding carboxylic acids is 1.